The highest BCUT2D eigenvalue weighted by Crippen LogP contribution is 2.28. The van der Waals surface area contributed by atoms with Gasteiger partial charge in [0.2, 0.25) is 5.91 Å². The van der Waals surface area contributed by atoms with E-state index in [0.29, 0.717) is 18.6 Å². The first-order valence-electron chi connectivity index (χ1n) is 12.5. The number of carbonyl (C=O) groups excluding carboxylic acids is 2. The third-order valence-corrected chi connectivity index (χ3v) is 7.46. The van der Waals surface area contributed by atoms with Crippen molar-refractivity contribution in [1.82, 2.24) is 20.3 Å². The predicted molar refractivity (Wildman–Crippen MR) is 144 cm³/mol. The summed E-state index contributed by atoms with van der Waals surface area (Å²) in [6, 6.07) is 9.69. The lowest BCUT2D eigenvalue weighted by Gasteiger charge is -2.17. The first-order chi connectivity index (χ1) is 17.5. The van der Waals surface area contributed by atoms with Crippen molar-refractivity contribution < 1.29 is 14.3 Å². The summed E-state index contributed by atoms with van der Waals surface area (Å²) >= 11 is 1.65. The molecule has 4 rings (SSSR count). The third-order valence-electron chi connectivity index (χ3n) is 6.55. The monoisotopic (exact) mass is 506 g/mol. The van der Waals surface area contributed by atoms with Gasteiger partial charge in [-0.1, -0.05) is 25.8 Å². The second kappa shape index (κ2) is 12.0. The number of unbranched alkanes of at least 4 members (excludes halogenated alkanes) is 2. The van der Waals surface area contributed by atoms with Gasteiger partial charge in [0.25, 0.3) is 0 Å². The molecule has 0 bridgehead atoms. The molecule has 0 fully saturated rings. The zero-order chi connectivity index (χ0) is 25.5. The fraction of sp³-hybridized carbons (Fsp3) is 0.393. The normalized spacial score (nSPS) is 12.1. The first kappa shape index (κ1) is 25.7. The largest absolute Gasteiger partial charge is 0.497 e. The molecule has 36 heavy (non-hydrogen) atoms. The number of aromatic nitrogens is 3. The van der Waals surface area contributed by atoms with E-state index < -0.39 is 0 Å². The second-order valence-corrected chi connectivity index (χ2v) is 10.0. The Morgan fingerprint density at radius 1 is 1.17 bits per heavy atom. The molecule has 1 atom stereocenters. The Hall–Kier alpha value is -3.39. The number of methoxy groups -OCH3 is 1. The van der Waals surface area contributed by atoms with Crippen molar-refractivity contribution in [2.45, 2.75) is 64.8 Å². The van der Waals surface area contributed by atoms with Gasteiger partial charge in [-0.3, -0.25) is 9.59 Å². The molecule has 3 heterocycles. The molecule has 1 aromatic carbocycles. The number of carbonyl (C=O) groups is 2. The maximum atomic E-state index is 13.3. The maximum absolute atomic E-state index is 13.3. The van der Waals surface area contributed by atoms with Gasteiger partial charge in [0.15, 0.2) is 0 Å². The van der Waals surface area contributed by atoms with Gasteiger partial charge >= 0.3 is 0 Å². The van der Waals surface area contributed by atoms with E-state index in [2.05, 4.69) is 20.3 Å². The summed E-state index contributed by atoms with van der Waals surface area (Å²) < 4.78 is 5.39. The van der Waals surface area contributed by atoms with Crippen molar-refractivity contribution >= 4 is 33.9 Å². The Balaban J connectivity index is 1.47. The average molecular weight is 507 g/mol. The Bertz CT molecular complexity index is 1310. The summed E-state index contributed by atoms with van der Waals surface area (Å²) in [5.41, 5.74) is 3.88. The van der Waals surface area contributed by atoms with Crippen LogP contribution in [0, 0.1) is 6.92 Å². The van der Waals surface area contributed by atoms with Gasteiger partial charge in [0, 0.05) is 29.4 Å². The van der Waals surface area contributed by atoms with Crippen molar-refractivity contribution in [1.29, 1.82) is 0 Å². The molecule has 0 aliphatic carbocycles. The van der Waals surface area contributed by atoms with Crippen LogP contribution in [0.3, 0.4) is 0 Å². The lowest BCUT2D eigenvalue weighted by atomic mass is 10.0. The molecule has 0 saturated carbocycles. The van der Waals surface area contributed by atoms with E-state index in [4.69, 9.17) is 4.74 Å². The van der Waals surface area contributed by atoms with Gasteiger partial charge in [-0.05, 0) is 55.0 Å². The topological polar surface area (TPSA) is 99.9 Å². The number of benzene rings is 1. The van der Waals surface area contributed by atoms with Crippen LogP contribution in [0.2, 0.25) is 0 Å². The van der Waals surface area contributed by atoms with E-state index in [-0.39, 0.29) is 18.4 Å². The summed E-state index contributed by atoms with van der Waals surface area (Å²) in [5.74, 6) is 1.77. The number of ether oxygens (including phenoxy) is 1. The summed E-state index contributed by atoms with van der Waals surface area (Å²) in [5, 5.41) is 6.25. The van der Waals surface area contributed by atoms with Crippen LogP contribution < -0.4 is 10.1 Å². The number of H-pyrrole nitrogens is 2. The minimum atomic E-state index is -0.229. The molecule has 0 saturated heterocycles. The van der Waals surface area contributed by atoms with Crippen LogP contribution in [0.5, 0.6) is 5.75 Å². The standard InChI is InChI=1S/C28H34N4O3S/c1-4-19(33)9-6-5-7-10-24(28-29-17-25(32-28)26-11-8-14-36-26)31-27(34)16-21-18(2)30-23-13-12-20(35-3)15-22(21)23/h8,11-15,17,24,30H,4-7,9-10,16H2,1-3H3,(H,29,32)(H,31,34)/t24-/m0/s1. The smallest absolute Gasteiger partial charge is 0.225 e. The molecule has 3 aromatic heterocycles. The fourth-order valence-corrected chi connectivity index (χ4v) is 5.19. The van der Waals surface area contributed by atoms with E-state index in [1.165, 1.54) is 0 Å². The second-order valence-electron chi connectivity index (χ2n) is 9.09. The van der Waals surface area contributed by atoms with Crippen molar-refractivity contribution in [3.8, 4) is 16.3 Å². The Kier molecular flexibility index (Phi) is 8.59. The number of amides is 1. The molecule has 3 N–H and O–H groups in total. The zero-order valence-electron chi connectivity index (χ0n) is 21.1. The van der Waals surface area contributed by atoms with Crippen molar-refractivity contribution in [2.24, 2.45) is 0 Å². The number of imidazole rings is 1. The van der Waals surface area contributed by atoms with Crippen LogP contribution in [-0.2, 0) is 16.0 Å². The van der Waals surface area contributed by atoms with Crippen LogP contribution in [0.1, 0.15) is 68.6 Å². The minimum absolute atomic E-state index is 0.0537. The quantitative estimate of drug-likeness (QED) is 0.186. The van der Waals surface area contributed by atoms with Gasteiger partial charge in [-0.2, -0.15) is 0 Å². The highest BCUT2D eigenvalue weighted by molar-refractivity contribution is 7.13. The van der Waals surface area contributed by atoms with Crippen molar-refractivity contribution in [3.63, 3.8) is 0 Å². The average Bonchev–Trinajstić information content (AvgIpc) is 3.63. The molecular weight excluding hydrogens is 472 g/mol. The van der Waals surface area contributed by atoms with Crippen LogP contribution >= 0.6 is 11.3 Å². The summed E-state index contributed by atoms with van der Waals surface area (Å²) in [6.07, 6.45) is 6.79. The molecule has 4 aromatic rings. The number of fused-ring (bicyclic) bond motifs is 1. The van der Waals surface area contributed by atoms with Crippen molar-refractivity contribution in [2.75, 3.05) is 7.11 Å². The fourth-order valence-electron chi connectivity index (χ4n) is 4.49. The van der Waals surface area contributed by atoms with Crippen LogP contribution in [0.15, 0.2) is 41.9 Å². The molecule has 7 nitrogen and oxygen atoms in total. The zero-order valence-corrected chi connectivity index (χ0v) is 22.0. The lowest BCUT2D eigenvalue weighted by molar-refractivity contribution is -0.121. The van der Waals surface area contributed by atoms with Crippen LogP contribution in [0.25, 0.3) is 21.5 Å². The van der Waals surface area contributed by atoms with Crippen LogP contribution in [-0.4, -0.2) is 33.8 Å². The number of hydrogen-bond donors (Lipinski definition) is 3. The number of thiophene rings is 1. The SMILES string of the molecule is CCC(=O)CCCCC[C@H](NC(=O)Cc1c(C)[nH]c2ccc(OC)cc12)c1ncc(-c2cccs2)[nH]1. The van der Waals surface area contributed by atoms with E-state index in [1.54, 1.807) is 18.4 Å². The number of aromatic amines is 2. The van der Waals surface area contributed by atoms with E-state index in [1.807, 2.05) is 55.8 Å². The molecule has 0 aliphatic rings. The Morgan fingerprint density at radius 3 is 2.78 bits per heavy atom. The van der Waals surface area contributed by atoms with Gasteiger partial charge in [-0.25, -0.2) is 4.98 Å². The number of nitrogens with zero attached hydrogens (tertiary/aromatic N) is 1. The number of nitrogens with one attached hydrogen (secondary N) is 3. The van der Waals surface area contributed by atoms with E-state index in [0.717, 1.165) is 70.0 Å². The van der Waals surface area contributed by atoms with Gasteiger partial charge in [-0.15, -0.1) is 11.3 Å². The molecule has 0 spiro atoms. The predicted octanol–water partition coefficient (Wildman–Crippen LogP) is 6.27. The molecule has 8 heteroatoms. The van der Waals surface area contributed by atoms with Crippen molar-refractivity contribution in [3.05, 3.63) is 59.0 Å². The Labute approximate surface area is 215 Å². The van der Waals surface area contributed by atoms with E-state index in [9.17, 15) is 9.59 Å². The lowest BCUT2D eigenvalue weighted by Crippen LogP contribution is -2.30. The maximum Gasteiger partial charge on any atom is 0.225 e. The number of rotatable bonds is 13. The number of hydrogen-bond acceptors (Lipinski definition) is 5. The molecule has 0 radical (unpaired) electrons. The minimum Gasteiger partial charge on any atom is -0.497 e. The van der Waals surface area contributed by atoms with Gasteiger partial charge in [0.05, 0.1) is 36.3 Å². The van der Waals surface area contributed by atoms with Gasteiger partial charge in [0.1, 0.15) is 17.4 Å². The molecule has 1 amide bonds. The molecule has 0 aliphatic heterocycles. The molecular formula is C28H34N4O3S. The van der Waals surface area contributed by atoms with Crippen LogP contribution in [0.4, 0.5) is 0 Å². The summed E-state index contributed by atoms with van der Waals surface area (Å²) in [7, 11) is 1.64. The first-order valence-corrected chi connectivity index (χ1v) is 13.4. The highest BCUT2D eigenvalue weighted by atomic mass is 32.1. The number of aryl methyl sites for hydroxylation is 1. The molecule has 190 valence electrons. The molecule has 0 unspecified atom stereocenters. The number of ketones is 1. The number of Topliss-reactive ketones (excluding diaryl/α,β-unsaturated/α-hetero) is 1. The summed E-state index contributed by atoms with van der Waals surface area (Å²) in [6.45, 7) is 3.89. The Morgan fingerprint density at radius 2 is 2.03 bits per heavy atom. The third kappa shape index (κ3) is 6.23. The summed E-state index contributed by atoms with van der Waals surface area (Å²) in [4.78, 5) is 37.4. The highest BCUT2D eigenvalue weighted by Gasteiger charge is 2.20. The van der Waals surface area contributed by atoms with E-state index >= 15 is 0 Å². The van der Waals surface area contributed by atoms with Gasteiger partial charge < -0.3 is 20.0 Å².